The standard InChI is InChI=1S/C21H20F3N3O4S/c1-12-6-4-5-7-17(12)27-13(2)18(14(3)28)20(19(27)29,21(22,23)24)26-32(30,31)16-10-8-15(25)9-11-16/h4-11,26H,25H2,1-3H3/t20-/m0/s1. The lowest BCUT2D eigenvalue weighted by molar-refractivity contribution is -0.183. The average Bonchev–Trinajstić information content (AvgIpc) is 2.89. The van der Waals surface area contributed by atoms with Gasteiger partial charge in [-0.2, -0.15) is 17.9 Å². The quantitative estimate of drug-likeness (QED) is 0.657. The Balaban J connectivity index is 2.28. The number of benzene rings is 2. The predicted molar refractivity (Wildman–Crippen MR) is 112 cm³/mol. The van der Waals surface area contributed by atoms with Gasteiger partial charge in [-0.25, -0.2) is 8.42 Å². The number of nitrogen functional groups attached to an aromatic ring is 1. The molecular weight excluding hydrogens is 447 g/mol. The van der Waals surface area contributed by atoms with Gasteiger partial charge in [0.15, 0.2) is 5.78 Å². The summed E-state index contributed by atoms with van der Waals surface area (Å²) in [5.41, 5.74) is 1.18. The molecule has 0 bridgehead atoms. The summed E-state index contributed by atoms with van der Waals surface area (Å²) in [7, 11) is -4.90. The third-order valence-corrected chi connectivity index (χ3v) is 6.68. The number of hydrogen-bond donors (Lipinski definition) is 2. The van der Waals surface area contributed by atoms with E-state index in [1.807, 2.05) is 0 Å². The zero-order chi connectivity index (χ0) is 24.1. The number of nitrogens with zero attached hydrogens (tertiary/aromatic N) is 1. The van der Waals surface area contributed by atoms with Gasteiger partial charge < -0.3 is 5.73 Å². The molecule has 0 spiro atoms. The molecule has 3 N–H and O–H groups in total. The number of nitrogens with one attached hydrogen (secondary N) is 1. The monoisotopic (exact) mass is 467 g/mol. The van der Waals surface area contributed by atoms with E-state index >= 15 is 0 Å². The van der Waals surface area contributed by atoms with Crippen LogP contribution < -0.4 is 15.4 Å². The highest BCUT2D eigenvalue weighted by Crippen LogP contribution is 2.47. The molecule has 2 aromatic rings. The Morgan fingerprint density at radius 1 is 1.06 bits per heavy atom. The van der Waals surface area contributed by atoms with Crippen LogP contribution in [0.2, 0.25) is 0 Å². The van der Waals surface area contributed by atoms with Gasteiger partial charge in [0, 0.05) is 11.4 Å². The van der Waals surface area contributed by atoms with Gasteiger partial charge >= 0.3 is 6.18 Å². The molecule has 2 aromatic carbocycles. The summed E-state index contributed by atoms with van der Waals surface area (Å²) in [5.74, 6) is -2.73. The average molecular weight is 467 g/mol. The molecule has 0 radical (unpaired) electrons. The molecule has 0 unspecified atom stereocenters. The van der Waals surface area contributed by atoms with Gasteiger partial charge in [-0.3, -0.25) is 14.5 Å². The number of aryl methyl sites for hydroxylation is 1. The minimum absolute atomic E-state index is 0.103. The second kappa shape index (κ2) is 7.75. The van der Waals surface area contributed by atoms with E-state index in [4.69, 9.17) is 5.73 Å². The van der Waals surface area contributed by atoms with Gasteiger partial charge in [0.05, 0.1) is 16.2 Å². The van der Waals surface area contributed by atoms with Crippen LogP contribution in [0.15, 0.2) is 64.7 Å². The van der Waals surface area contributed by atoms with Crippen molar-refractivity contribution in [2.45, 2.75) is 37.4 Å². The van der Waals surface area contributed by atoms with Crippen LogP contribution in [0.25, 0.3) is 0 Å². The highest BCUT2D eigenvalue weighted by atomic mass is 32.2. The Bertz CT molecular complexity index is 1240. The van der Waals surface area contributed by atoms with Crippen molar-refractivity contribution in [2.24, 2.45) is 0 Å². The summed E-state index contributed by atoms with van der Waals surface area (Å²) >= 11 is 0. The maximum absolute atomic E-state index is 14.6. The van der Waals surface area contributed by atoms with Crippen LogP contribution in [0.1, 0.15) is 19.4 Å². The van der Waals surface area contributed by atoms with Crippen molar-refractivity contribution in [1.82, 2.24) is 4.72 Å². The van der Waals surface area contributed by atoms with Crippen molar-refractivity contribution in [1.29, 1.82) is 0 Å². The molecule has 1 heterocycles. The first kappa shape index (κ1) is 23.5. The van der Waals surface area contributed by atoms with E-state index in [1.54, 1.807) is 19.1 Å². The molecule has 170 valence electrons. The van der Waals surface area contributed by atoms with E-state index in [9.17, 15) is 31.2 Å². The summed E-state index contributed by atoms with van der Waals surface area (Å²) in [5, 5.41) is 0. The van der Waals surface area contributed by atoms with Gasteiger partial charge in [0.2, 0.25) is 15.6 Å². The Labute approximate surface area is 182 Å². The molecule has 0 saturated heterocycles. The number of Topliss-reactive ketones (excluding diaryl/α,β-unsaturated/α-hetero) is 1. The molecule has 7 nitrogen and oxygen atoms in total. The number of ketones is 1. The number of carbonyl (C=O) groups excluding carboxylic acids is 2. The lowest BCUT2D eigenvalue weighted by Crippen LogP contribution is -2.66. The lowest BCUT2D eigenvalue weighted by atomic mass is 9.88. The summed E-state index contributed by atoms with van der Waals surface area (Å²) in [6, 6.07) is 10.5. The number of hydrogen-bond acceptors (Lipinski definition) is 5. The molecule has 1 aliphatic heterocycles. The van der Waals surface area contributed by atoms with Crippen LogP contribution in [-0.2, 0) is 19.6 Å². The van der Waals surface area contributed by atoms with Crippen LogP contribution in [0.3, 0.4) is 0 Å². The zero-order valence-corrected chi connectivity index (χ0v) is 18.1. The van der Waals surface area contributed by atoms with Gasteiger partial charge in [0.1, 0.15) is 0 Å². The maximum Gasteiger partial charge on any atom is 0.421 e. The number of sulfonamides is 1. The van der Waals surface area contributed by atoms with Crippen molar-refractivity contribution in [2.75, 3.05) is 10.6 Å². The first-order chi connectivity index (χ1) is 14.7. The fourth-order valence-corrected chi connectivity index (χ4v) is 5.08. The van der Waals surface area contributed by atoms with Crippen LogP contribution in [0.4, 0.5) is 24.5 Å². The molecule has 1 amide bonds. The summed E-state index contributed by atoms with van der Waals surface area (Å²) < 4.78 is 71.1. The minimum Gasteiger partial charge on any atom is -0.399 e. The molecule has 0 saturated carbocycles. The molecule has 11 heteroatoms. The molecule has 0 fully saturated rings. The Kier molecular flexibility index (Phi) is 5.69. The fourth-order valence-electron chi connectivity index (χ4n) is 3.76. The number of alkyl halides is 3. The second-order valence-electron chi connectivity index (χ2n) is 7.37. The number of amides is 1. The number of para-hydroxylation sites is 1. The van der Waals surface area contributed by atoms with Crippen molar-refractivity contribution in [3.63, 3.8) is 0 Å². The fraction of sp³-hybridized carbons (Fsp3) is 0.238. The number of rotatable bonds is 5. The lowest BCUT2D eigenvalue weighted by Gasteiger charge is -2.33. The molecule has 1 atom stereocenters. The minimum atomic E-state index is -5.47. The van der Waals surface area contributed by atoms with Gasteiger partial charge in [-0.1, -0.05) is 18.2 Å². The van der Waals surface area contributed by atoms with Gasteiger partial charge in [-0.05, 0) is 56.7 Å². The van der Waals surface area contributed by atoms with Crippen molar-refractivity contribution < 1.29 is 31.2 Å². The normalized spacial score (nSPS) is 19.6. The van der Waals surface area contributed by atoms with Crippen molar-refractivity contribution >= 4 is 33.1 Å². The number of carbonyl (C=O) groups is 2. The highest BCUT2D eigenvalue weighted by Gasteiger charge is 2.70. The number of halogens is 3. The van der Waals surface area contributed by atoms with Gasteiger partial charge in [-0.15, -0.1) is 0 Å². The summed E-state index contributed by atoms with van der Waals surface area (Å²) in [4.78, 5) is 26.0. The molecule has 0 aliphatic carbocycles. The SMILES string of the molecule is CC(=O)C1=C(C)N(c2ccccc2C)C(=O)[C@]1(NS(=O)(=O)c1ccc(N)cc1)C(F)(F)F. The molecule has 3 rings (SSSR count). The van der Waals surface area contributed by atoms with E-state index < -0.39 is 43.9 Å². The maximum atomic E-state index is 14.6. The molecule has 1 aliphatic rings. The first-order valence-corrected chi connectivity index (χ1v) is 10.8. The topological polar surface area (TPSA) is 110 Å². The first-order valence-electron chi connectivity index (χ1n) is 9.32. The van der Waals surface area contributed by atoms with Crippen LogP contribution in [0.5, 0.6) is 0 Å². The number of nitrogens with two attached hydrogens (primary N) is 1. The Morgan fingerprint density at radius 2 is 1.62 bits per heavy atom. The van der Waals surface area contributed by atoms with E-state index in [-0.39, 0.29) is 17.1 Å². The third kappa shape index (κ3) is 3.56. The largest absolute Gasteiger partial charge is 0.421 e. The van der Waals surface area contributed by atoms with Gasteiger partial charge in [0.25, 0.3) is 5.91 Å². The van der Waals surface area contributed by atoms with E-state index in [2.05, 4.69) is 0 Å². The highest BCUT2D eigenvalue weighted by molar-refractivity contribution is 7.89. The molecule has 0 aromatic heterocycles. The van der Waals surface area contributed by atoms with E-state index in [0.29, 0.717) is 5.56 Å². The van der Waals surface area contributed by atoms with E-state index in [1.165, 1.54) is 35.9 Å². The zero-order valence-electron chi connectivity index (χ0n) is 17.3. The smallest absolute Gasteiger partial charge is 0.399 e. The third-order valence-electron chi connectivity index (χ3n) is 5.21. The summed E-state index contributed by atoms with van der Waals surface area (Å²) in [6.45, 7) is 3.60. The number of anilines is 2. The van der Waals surface area contributed by atoms with Crippen molar-refractivity contribution in [3.8, 4) is 0 Å². The molecule has 32 heavy (non-hydrogen) atoms. The van der Waals surface area contributed by atoms with Crippen LogP contribution >= 0.6 is 0 Å². The predicted octanol–water partition coefficient (Wildman–Crippen LogP) is 3.07. The Hall–Kier alpha value is -3.18. The summed E-state index contributed by atoms with van der Waals surface area (Å²) in [6.07, 6.45) is -5.47. The van der Waals surface area contributed by atoms with Crippen LogP contribution in [-0.4, -0.2) is 31.8 Å². The van der Waals surface area contributed by atoms with Crippen LogP contribution in [0, 0.1) is 6.92 Å². The Morgan fingerprint density at radius 3 is 2.12 bits per heavy atom. The second-order valence-corrected chi connectivity index (χ2v) is 9.05. The van der Waals surface area contributed by atoms with Crippen molar-refractivity contribution in [3.05, 3.63) is 65.4 Å². The molecular formula is C21H20F3N3O4S. The van der Waals surface area contributed by atoms with E-state index in [0.717, 1.165) is 24.0 Å². The number of allylic oxidation sites excluding steroid dienone is 1.